The van der Waals surface area contributed by atoms with Gasteiger partial charge in [0.2, 0.25) is 11.2 Å². The molecule has 1 aromatic rings. The van der Waals surface area contributed by atoms with E-state index in [4.69, 9.17) is 9.15 Å². The van der Waals surface area contributed by atoms with Crippen molar-refractivity contribution >= 4 is 5.91 Å². The van der Waals surface area contributed by atoms with Gasteiger partial charge in [0.15, 0.2) is 5.76 Å². The number of methoxy groups -OCH3 is 1. The normalized spacial score (nSPS) is 22.0. The summed E-state index contributed by atoms with van der Waals surface area (Å²) in [4.78, 5) is 26.5. The monoisotopic (exact) mass is 348 g/mol. The van der Waals surface area contributed by atoms with E-state index >= 15 is 0 Å². The van der Waals surface area contributed by atoms with Crippen molar-refractivity contribution in [3.63, 3.8) is 0 Å². The number of hydrogen-bond acceptors (Lipinski definition) is 5. The molecule has 1 N–H and O–H groups in total. The van der Waals surface area contributed by atoms with Gasteiger partial charge >= 0.3 is 0 Å². The predicted molar refractivity (Wildman–Crippen MR) is 95.0 cm³/mol. The third-order valence-corrected chi connectivity index (χ3v) is 5.46. The Morgan fingerprint density at radius 2 is 2.08 bits per heavy atom. The van der Waals surface area contributed by atoms with Gasteiger partial charge in [-0.15, -0.1) is 0 Å². The lowest BCUT2D eigenvalue weighted by Crippen LogP contribution is -2.42. The molecule has 1 atom stereocenters. The van der Waals surface area contributed by atoms with Crippen molar-refractivity contribution in [2.24, 2.45) is 5.92 Å². The second-order valence-electron chi connectivity index (χ2n) is 7.18. The van der Waals surface area contributed by atoms with E-state index in [1.54, 1.807) is 0 Å². The minimum Gasteiger partial charge on any atom is -0.490 e. The molecule has 0 aromatic carbocycles. The summed E-state index contributed by atoms with van der Waals surface area (Å²) in [6, 6.07) is 1.57. The van der Waals surface area contributed by atoms with Crippen LogP contribution in [0.25, 0.3) is 0 Å². The van der Waals surface area contributed by atoms with E-state index in [0.29, 0.717) is 12.6 Å². The van der Waals surface area contributed by atoms with Crippen molar-refractivity contribution in [3.05, 3.63) is 28.3 Å². The van der Waals surface area contributed by atoms with Gasteiger partial charge in [-0.25, -0.2) is 0 Å². The first-order chi connectivity index (χ1) is 12.2. The number of rotatable bonds is 6. The second-order valence-corrected chi connectivity index (χ2v) is 7.18. The van der Waals surface area contributed by atoms with Crippen LogP contribution in [0.1, 0.15) is 55.5 Å². The Bertz CT molecular complexity index is 637. The molecule has 1 aliphatic carbocycles. The first-order valence-corrected chi connectivity index (χ1v) is 9.36. The van der Waals surface area contributed by atoms with Crippen molar-refractivity contribution in [3.8, 4) is 5.75 Å². The van der Waals surface area contributed by atoms with Crippen LogP contribution in [0.5, 0.6) is 5.75 Å². The molecule has 2 fully saturated rings. The molecule has 138 valence electrons. The van der Waals surface area contributed by atoms with Gasteiger partial charge in [0.1, 0.15) is 6.26 Å². The van der Waals surface area contributed by atoms with Crippen molar-refractivity contribution < 1.29 is 13.9 Å². The van der Waals surface area contributed by atoms with Crippen molar-refractivity contribution in [1.82, 2.24) is 10.2 Å². The summed E-state index contributed by atoms with van der Waals surface area (Å²) in [5.74, 6) is 0.600. The summed E-state index contributed by atoms with van der Waals surface area (Å²) in [6.07, 6.45) is 10.3. The molecular weight excluding hydrogens is 320 g/mol. The zero-order valence-electron chi connectivity index (χ0n) is 15.0. The van der Waals surface area contributed by atoms with Gasteiger partial charge in [0.05, 0.1) is 7.11 Å². The fourth-order valence-corrected chi connectivity index (χ4v) is 4.03. The first kappa shape index (κ1) is 18.0. The molecule has 0 unspecified atom stereocenters. The van der Waals surface area contributed by atoms with Gasteiger partial charge in [0.25, 0.3) is 5.91 Å². The van der Waals surface area contributed by atoms with Crippen LogP contribution in [-0.2, 0) is 0 Å². The van der Waals surface area contributed by atoms with E-state index in [2.05, 4.69) is 10.2 Å². The van der Waals surface area contributed by atoms with Gasteiger partial charge in [-0.1, -0.05) is 19.3 Å². The SMILES string of the molecule is COc1coc(C(=O)NC[C@H]2CCCN2CC2CCCCC2)cc1=O. The van der Waals surface area contributed by atoms with Crippen molar-refractivity contribution in [1.29, 1.82) is 0 Å². The Labute approximate surface area is 148 Å². The molecular formula is C19H28N2O4. The summed E-state index contributed by atoms with van der Waals surface area (Å²) in [5.41, 5.74) is -0.348. The lowest BCUT2D eigenvalue weighted by atomic mass is 9.89. The Morgan fingerprint density at radius 1 is 1.28 bits per heavy atom. The van der Waals surface area contributed by atoms with Crippen molar-refractivity contribution in [2.75, 3.05) is 26.7 Å². The largest absolute Gasteiger partial charge is 0.490 e. The lowest BCUT2D eigenvalue weighted by Gasteiger charge is -2.31. The van der Waals surface area contributed by atoms with Gasteiger partial charge in [-0.05, 0) is 38.1 Å². The molecule has 25 heavy (non-hydrogen) atoms. The summed E-state index contributed by atoms with van der Waals surface area (Å²) < 4.78 is 10.1. The number of hydrogen-bond donors (Lipinski definition) is 1. The highest BCUT2D eigenvalue weighted by molar-refractivity contribution is 5.91. The number of ether oxygens (including phenoxy) is 1. The molecule has 0 radical (unpaired) electrons. The lowest BCUT2D eigenvalue weighted by molar-refractivity contribution is 0.0905. The maximum absolute atomic E-state index is 12.2. The molecule has 1 saturated carbocycles. The second kappa shape index (κ2) is 8.52. The Morgan fingerprint density at radius 3 is 2.80 bits per heavy atom. The van der Waals surface area contributed by atoms with Crippen LogP contribution in [0.3, 0.4) is 0 Å². The highest BCUT2D eigenvalue weighted by atomic mass is 16.5. The zero-order valence-corrected chi connectivity index (χ0v) is 15.0. The molecule has 0 bridgehead atoms. The van der Waals surface area contributed by atoms with Crippen LogP contribution < -0.4 is 15.5 Å². The maximum atomic E-state index is 12.2. The summed E-state index contributed by atoms with van der Waals surface area (Å²) in [7, 11) is 1.40. The fraction of sp³-hybridized carbons (Fsp3) is 0.684. The molecule has 1 saturated heterocycles. The molecule has 2 heterocycles. The van der Waals surface area contributed by atoms with E-state index in [-0.39, 0.29) is 22.8 Å². The predicted octanol–water partition coefficient (Wildman–Crippen LogP) is 2.42. The van der Waals surface area contributed by atoms with E-state index in [9.17, 15) is 9.59 Å². The van der Waals surface area contributed by atoms with E-state index in [1.807, 2.05) is 0 Å². The number of amides is 1. The van der Waals surface area contributed by atoms with Gasteiger partial charge < -0.3 is 14.5 Å². The molecule has 3 rings (SSSR count). The highest BCUT2D eigenvalue weighted by Gasteiger charge is 2.28. The van der Waals surface area contributed by atoms with Crippen LogP contribution in [0.4, 0.5) is 0 Å². The van der Waals surface area contributed by atoms with Crippen LogP contribution >= 0.6 is 0 Å². The summed E-state index contributed by atoms with van der Waals surface area (Å²) in [6.45, 7) is 2.87. The number of nitrogens with zero attached hydrogens (tertiary/aromatic N) is 1. The topological polar surface area (TPSA) is 71.8 Å². The molecule has 6 nitrogen and oxygen atoms in total. The van der Waals surface area contributed by atoms with Gasteiger partial charge in [-0.3, -0.25) is 14.5 Å². The Balaban J connectivity index is 1.52. The van der Waals surface area contributed by atoms with E-state index < -0.39 is 0 Å². The smallest absolute Gasteiger partial charge is 0.287 e. The first-order valence-electron chi connectivity index (χ1n) is 9.36. The number of carbonyl (C=O) groups excluding carboxylic acids is 1. The van der Waals surface area contributed by atoms with Gasteiger partial charge in [0, 0.05) is 25.2 Å². The third-order valence-electron chi connectivity index (χ3n) is 5.46. The Kier molecular flexibility index (Phi) is 6.13. The average molecular weight is 348 g/mol. The maximum Gasteiger partial charge on any atom is 0.287 e. The van der Waals surface area contributed by atoms with Crippen LogP contribution in [-0.4, -0.2) is 43.6 Å². The molecule has 1 aliphatic heterocycles. The molecule has 0 spiro atoms. The average Bonchev–Trinajstić information content (AvgIpc) is 3.07. The summed E-state index contributed by atoms with van der Waals surface area (Å²) >= 11 is 0. The number of carbonyl (C=O) groups is 1. The van der Waals surface area contributed by atoms with Crippen molar-refractivity contribution in [2.45, 2.75) is 51.0 Å². The Hall–Kier alpha value is -1.82. The highest BCUT2D eigenvalue weighted by Crippen LogP contribution is 2.27. The molecule has 2 aliphatic rings. The third kappa shape index (κ3) is 4.63. The molecule has 1 aromatic heterocycles. The summed E-state index contributed by atoms with van der Waals surface area (Å²) in [5, 5.41) is 2.92. The fourth-order valence-electron chi connectivity index (χ4n) is 4.03. The zero-order chi connectivity index (χ0) is 17.6. The van der Waals surface area contributed by atoms with E-state index in [0.717, 1.165) is 25.4 Å². The minimum atomic E-state index is -0.348. The molecule has 6 heteroatoms. The number of likely N-dealkylation sites (tertiary alicyclic amines) is 1. The van der Waals surface area contributed by atoms with Crippen LogP contribution in [0, 0.1) is 5.92 Å². The van der Waals surface area contributed by atoms with Crippen LogP contribution in [0.2, 0.25) is 0 Å². The number of nitrogens with one attached hydrogen (secondary N) is 1. The van der Waals surface area contributed by atoms with Gasteiger partial charge in [-0.2, -0.15) is 0 Å². The van der Waals surface area contributed by atoms with Crippen LogP contribution in [0.15, 0.2) is 21.5 Å². The standard InChI is InChI=1S/C19H28N2O4/c1-24-18-13-25-17(10-16(18)22)19(23)20-11-15-8-5-9-21(15)12-14-6-3-2-4-7-14/h10,13-15H,2-9,11-12H2,1H3,(H,20,23)/t15-/m1/s1. The quantitative estimate of drug-likeness (QED) is 0.855. The minimum absolute atomic E-state index is 0.0302. The molecule has 1 amide bonds. The van der Waals surface area contributed by atoms with E-state index in [1.165, 1.54) is 58.0 Å².